The van der Waals surface area contributed by atoms with Crippen LogP contribution in [0.3, 0.4) is 0 Å². The second kappa shape index (κ2) is 6.67. The summed E-state index contributed by atoms with van der Waals surface area (Å²) in [5.41, 5.74) is 11.1. The van der Waals surface area contributed by atoms with E-state index in [0.717, 1.165) is 5.56 Å². The zero-order chi connectivity index (χ0) is 16.2. The molecule has 0 radical (unpaired) electrons. The van der Waals surface area contributed by atoms with Crippen molar-refractivity contribution in [2.45, 2.75) is 39.3 Å². The van der Waals surface area contributed by atoms with Crippen LogP contribution in [-0.2, 0) is 9.59 Å². The van der Waals surface area contributed by atoms with Gasteiger partial charge < -0.3 is 16.8 Å². The summed E-state index contributed by atoms with van der Waals surface area (Å²) in [5, 5.41) is 2.80. The highest BCUT2D eigenvalue weighted by atomic mass is 19.1. The van der Waals surface area contributed by atoms with E-state index in [1.54, 1.807) is 12.1 Å². The summed E-state index contributed by atoms with van der Waals surface area (Å²) in [4.78, 5) is 22.9. The first-order valence-corrected chi connectivity index (χ1v) is 6.71. The van der Waals surface area contributed by atoms with Crippen molar-refractivity contribution in [3.8, 4) is 0 Å². The van der Waals surface area contributed by atoms with Gasteiger partial charge in [0, 0.05) is 0 Å². The SMILES string of the molecule is CC(C)(C)C(NC(=O)C(N)CC(N)=O)c1ccc(F)cc1. The van der Waals surface area contributed by atoms with Crippen LogP contribution in [0.15, 0.2) is 24.3 Å². The summed E-state index contributed by atoms with van der Waals surface area (Å²) in [6.07, 6.45) is -0.216. The Morgan fingerprint density at radius 3 is 2.19 bits per heavy atom. The molecular formula is C15H22FN3O2. The number of primary amides is 1. The van der Waals surface area contributed by atoms with E-state index in [2.05, 4.69) is 5.32 Å². The summed E-state index contributed by atoms with van der Waals surface area (Å²) in [7, 11) is 0. The quantitative estimate of drug-likeness (QED) is 0.762. The molecule has 0 spiro atoms. The van der Waals surface area contributed by atoms with Crippen LogP contribution in [0.4, 0.5) is 4.39 Å². The molecule has 1 aromatic carbocycles. The molecule has 0 aliphatic carbocycles. The molecule has 6 heteroatoms. The summed E-state index contributed by atoms with van der Waals surface area (Å²) in [5.74, 6) is -1.44. The second-order valence-electron chi connectivity index (χ2n) is 6.14. The number of nitrogens with two attached hydrogens (primary N) is 2. The average Bonchev–Trinajstić information content (AvgIpc) is 2.34. The number of benzene rings is 1. The van der Waals surface area contributed by atoms with Crippen LogP contribution in [0, 0.1) is 11.2 Å². The van der Waals surface area contributed by atoms with Gasteiger partial charge in [-0.1, -0.05) is 32.9 Å². The van der Waals surface area contributed by atoms with E-state index in [9.17, 15) is 14.0 Å². The smallest absolute Gasteiger partial charge is 0.237 e. The average molecular weight is 295 g/mol. The van der Waals surface area contributed by atoms with Gasteiger partial charge in [0.05, 0.1) is 18.5 Å². The topological polar surface area (TPSA) is 98.2 Å². The van der Waals surface area contributed by atoms with Gasteiger partial charge in [-0.25, -0.2) is 4.39 Å². The molecule has 2 amide bonds. The Bertz CT molecular complexity index is 509. The molecule has 0 aromatic heterocycles. The van der Waals surface area contributed by atoms with Crippen LogP contribution in [0.2, 0.25) is 0 Å². The number of rotatable bonds is 5. The standard InChI is InChI=1S/C15H22FN3O2/c1-15(2,3)13(9-4-6-10(16)7-5-9)19-14(21)11(17)8-12(18)20/h4-7,11,13H,8,17H2,1-3H3,(H2,18,20)(H,19,21). The van der Waals surface area contributed by atoms with Gasteiger partial charge in [-0.3, -0.25) is 9.59 Å². The van der Waals surface area contributed by atoms with Gasteiger partial charge in [0.2, 0.25) is 11.8 Å². The number of carbonyl (C=O) groups is 2. The monoisotopic (exact) mass is 295 g/mol. The minimum atomic E-state index is -0.993. The number of amides is 2. The van der Waals surface area contributed by atoms with Gasteiger partial charge in [-0.15, -0.1) is 0 Å². The Labute approximate surface area is 123 Å². The lowest BCUT2D eigenvalue weighted by Crippen LogP contribution is -2.46. The maximum Gasteiger partial charge on any atom is 0.237 e. The molecule has 0 saturated carbocycles. The van der Waals surface area contributed by atoms with Crippen molar-refractivity contribution >= 4 is 11.8 Å². The van der Waals surface area contributed by atoms with Crippen LogP contribution >= 0.6 is 0 Å². The van der Waals surface area contributed by atoms with Crippen molar-refractivity contribution in [1.29, 1.82) is 0 Å². The molecule has 21 heavy (non-hydrogen) atoms. The number of carbonyl (C=O) groups excluding carboxylic acids is 2. The highest BCUT2D eigenvalue weighted by molar-refractivity contribution is 5.87. The molecule has 2 atom stereocenters. The molecule has 0 aliphatic heterocycles. The fourth-order valence-corrected chi connectivity index (χ4v) is 2.01. The molecule has 1 aromatic rings. The van der Waals surface area contributed by atoms with Crippen molar-refractivity contribution in [3.05, 3.63) is 35.6 Å². The number of halogens is 1. The molecule has 0 heterocycles. The van der Waals surface area contributed by atoms with E-state index in [4.69, 9.17) is 11.5 Å². The first-order chi connectivity index (χ1) is 9.61. The van der Waals surface area contributed by atoms with Gasteiger partial charge in [0.15, 0.2) is 0 Å². The van der Waals surface area contributed by atoms with Gasteiger partial charge in [-0.05, 0) is 23.1 Å². The largest absolute Gasteiger partial charge is 0.370 e. The normalized spacial score (nSPS) is 14.3. The number of hydrogen-bond acceptors (Lipinski definition) is 3. The van der Waals surface area contributed by atoms with Gasteiger partial charge in [0.1, 0.15) is 5.82 Å². The third kappa shape index (κ3) is 5.15. The molecule has 0 aliphatic rings. The molecule has 0 bridgehead atoms. The molecule has 116 valence electrons. The predicted molar refractivity (Wildman–Crippen MR) is 78.5 cm³/mol. The molecular weight excluding hydrogens is 273 g/mol. The minimum absolute atomic E-state index is 0.216. The number of nitrogens with one attached hydrogen (secondary N) is 1. The Morgan fingerprint density at radius 2 is 1.76 bits per heavy atom. The molecule has 0 fully saturated rings. The maximum absolute atomic E-state index is 13.0. The molecule has 2 unspecified atom stereocenters. The highest BCUT2D eigenvalue weighted by Crippen LogP contribution is 2.32. The lowest BCUT2D eigenvalue weighted by molar-refractivity contribution is -0.127. The Kier molecular flexibility index (Phi) is 5.43. The molecule has 5 N–H and O–H groups in total. The van der Waals surface area contributed by atoms with Crippen LogP contribution in [-0.4, -0.2) is 17.9 Å². The van der Waals surface area contributed by atoms with Crippen molar-refractivity contribution in [2.24, 2.45) is 16.9 Å². The fourth-order valence-electron chi connectivity index (χ4n) is 2.01. The zero-order valence-electron chi connectivity index (χ0n) is 12.5. The molecule has 1 rings (SSSR count). The van der Waals surface area contributed by atoms with Crippen molar-refractivity contribution in [2.75, 3.05) is 0 Å². The zero-order valence-corrected chi connectivity index (χ0v) is 12.5. The predicted octanol–water partition coefficient (Wildman–Crippen LogP) is 1.23. The van der Waals surface area contributed by atoms with Crippen molar-refractivity contribution in [3.63, 3.8) is 0 Å². The highest BCUT2D eigenvalue weighted by Gasteiger charge is 2.29. The van der Waals surface area contributed by atoms with Crippen LogP contribution in [0.5, 0.6) is 0 Å². The third-order valence-corrected chi connectivity index (χ3v) is 3.11. The first kappa shape index (κ1) is 17.1. The first-order valence-electron chi connectivity index (χ1n) is 6.71. The Morgan fingerprint density at radius 1 is 1.24 bits per heavy atom. The maximum atomic E-state index is 13.0. The lowest BCUT2D eigenvalue weighted by Gasteiger charge is -2.32. The third-order valence-electron chi connectivity index (χ3n) is 3.11. The second-order valence-corrected chi connectivity index (χ2v) is 6.14. The molecule has 0 saturated heterocycles. The van der Waals surface area contributed by atoms with E-state index >= 15 is 0 Å². The Hall–Kier alpha value is -1.95. The van der Waals surface area contributed by atoms with E-state index in [-0.39, 0.29) is 23.7 Å². The summed E-state index contributed by atoms with van der Waals surface area (Å²) < 4.78 is 13.0. The van der Waals surface area contributed by atoms with Crippen LogP contribution in [0.1, 0.15) is 38.8 Å². The van der Waals surface area contributed by atoms with Crippen molar-refractivity contribution < 1.29 is 14.0 Å². The van der Waals surface area contributed by atoms with Gasteiger partial charge in [0.25, 0.3) is 0 Å². The lowest BCUT2D eigenvalue weighted by atomic mass is 9.82. The fraction of sp³-hybridized carbons (Fsp3) is 0.467. The summed E-state index contributed by atoms with van der Waals surface area (Å²) >= 11 is 0. The van der Waals surface area contributed by atoms with Gasteiger partial charge >= 0.3 is 0 Å². The Balaban J connectivity index is 2.92. The van der Waals surface area contributed by atoms with Gasteiger partial charge in [-0.2, -0.15) is 0 Å². The number of hydrogen-bond donors (Lipinski definition) is 3. The van der Waals surface area contributed by atoms with E-state index in [1.807, 2.05) is 20.8 Å². The minimum Gasteiger partial charge on any atom is -0.370 e. The van der Waals surface area contributed by atoms with E-state index in [0.29, 0.717) is 0 Å². The summed E-state index contributed by atoms with van der Waals surface area (Å²) in [6, 6.07) is 4.56. The van der Waals surface area contributed by atoms with Crippen LogP contribution < -0.4 is 16.8 Å². The summed E-state index contributed by atoms with van der Waals surface area (Å²) in [6.45, 7) is 5.84. The van der Waals surface area contributed by atoms with Crippen molar-refractivity contribution in [1.82, 2.24) is 5.32 Å². The van der Waals surface area contributed by atoms with Crippen LogP contribution in [0.25, 0.3) is 0 Å². The van der Waals surface area contributed by atoms with E-state index < -0.39 is 17.9 Å². The molecule has 5 nitrogen and oxygen atoms in total. The van der Waals surface area contributed by atoms with E-state index in [1.165, 1.54) is 12.1 Å².